The second-order valence-corrected chi connectivity index (χ2v) is 5.31. The summed E-state index contributed by atoms with van der Waals surface area (Å²) in [6.07, 6.45) is 2.76. The van der Waals surface area contributed by atoms with Crippen molar-refractivity contribution in [1.82, 2.24) is 10.4 Å². The number of hydrogen-bond acceptors (Lipinski definition) is 3. The maximum Gasteiger partial charge on any atom is 0.0702 e. The molecule has 1 heterocycles. The molecule has 3 aromatic rings. The number of hydrogen-bond donors (Lipinski definition) is 2. The van der Waals surface area contributed by atoms with E-state index in [1.807, 2.05) is 24.4 Å². The number of aryl methyl sites for hydroxylation is 1. The maximum absolute atomic E-state index is 5.77. The van der Waals surface area contributed by atoms with Crippen LogP contribution in [0.25, 0.3) is 10.9 Å². The Morgan fingerprint density at radius 1 is 1.10 bits per heavy atom. The summed E-state index contributed by atoms with van der Waals surface area (Å²) in [6.45, 7) is 2.13. The number of fused-ring (bicyclic) bond motifs is 1. The van der Waals surface area contributed by atoms with Crippen LogP contribution in [0.3, 0.4) is 0 Å². The van der Waals surface area contributed by atoms with Gasteiger partial charge in [0.1, 0.15) is 0 Å². The average Bonchev–Trinajstić information content (AvgIpc) is 2.54. The van der Waals surface area contributed by atoms with E-state index in [0.29, 0.717) is 0 Å². The second kappa shape index (κ2) is 6.04. The van der Waals surface area contributed by atoms with Gasteiger partial charge in [-0.25, -0.2) is 0 Å². The van der Waals surface area contributed by atoms with Crippen molar-refractivity contribution in [3.8, 4) is 0 Å². The summed E-state index contributed by atoms with van der Waals surface area (Å²) < 4.78 is 0. The maximum atomic E-state index is 5.77. The van der Waals surface area contributed by atoms with Gasteiger partial charge in [0.25, 0.3) is 0 Å². The third-order valence-corrected chi connectivity index (χ3v) is 3.90. The predicted octanol–water partition coefficient (Wildman–Crippen LogP) is 3.29. The Morgan fingerprint density at radius 3 is 2.67 bits per heavy atom. The summed E-state index contributed by atoms with van der Waals surface area (Å²) in [5, 5.41) is 1.14. The van der Waals surface area contributed by atoms with Gasteiger partial charge in [0.05, 0.1) is 11.6 Å². The van der Waals surface area contributed by atoms with Gasteiger partial charge in [-0.3, -0.25) is 16.3 Å². The number of benzene rings is 2. The standard InChI is InChI=1S/C18H19N3/c1-13-6-2-3-7-14(13)11-18(21-19)16-10-15-8-4-5-9-17(15)20-12-16/h2-10,12,18,21H,11,19H2,1H3. The zero-order valence-corrected chi connectivity index (χ0v) is 12.1. The Labute approximate surface area is 124 Å². The summed E-state index contributed by atoms with van der Waals surface area (Å²) in [6, 6.07) is 18.7. The first-order valence-corrected chi connectivity index (χ1v) is 7.13. The van der Waals surface area contributed by atoms with Crippen molar-refractivity contribution in [2.24, 2.45) is 5.84 Å². The van der Waals surface area contributed by atoms with Gasteiger partial charge >= 0.3 is 0 Å². The van der Waals surface area contributed by atoms with Gasteiger partial charge in [-0.1, -0.05) is 42.5 Å². The molecule has 1 aromatic heterocycles. The lowest BCUT2D eigenvalue weighted by Gasteiger charge is -2.18. The molecule has 0 saturated carbocycles. The molecule has 0 bridgehead atoms. The average molecular weight is 277 g/mol. The molecule has 21 heavy (non-hydrogen) atoms. The highest BCUT2D eigenvalue weighted by Gasteiger charge is 2.12. The third-order valence-electron chi connectivity index (χ3n) is 3.90. The van der Waals surface area contributed by atoms with Crippen LogP contribution in [0.1, 0.15) is 22.7 Å². The van der Waals surface area contributed by atoms with Gasteiger partial charge in [0, 0.05) is 11.6 Å². The van der Waals surface area contributed by atoms with Crippen molar-refractivity contribution in [3.05, 3.63) is 77.5 Å². The van der Waals surface area contributed by atoms with Crippen LogP contribution in [-0.2, 0) is 6.42 Å². The molecular weight excluding hydrogens is 258 g/mol. The monoisotopic (exact) mass is 277 g/mol. The van der Waals surface area contributed by atoms with Gasteiger partial charge in [-0.15, -0.1) is 0 Å². The molecule has 3 heteroatoms. The molecular formula is C18H19N3. The van der Waals surface area contributed by atoms with Gasteiger partial charge in [-0.2, -0.15) is 0 Å². The van der Waals surface area contributed by atoms with Crippen LogP contribution in [0.4, 0.5) is 0 Å². The van der Waals surface area contributed by atoms with Crippen molar-refractivity contribution in [3.63, 3.8) is 0 Å². The van der Waals surface area contributed by atoms with Crippen molar-refractivity contribution in [2.45, 2.75) is 19.4 Å². The van der Waals surface area contributed by atoms with Crippen LogP contribution in [0.15, 0.2) is 60.8 Å². The smallest absolute Gasteiger partial charge is 0.0702 e. The number of rotatable bonds is 4. The van der Waals surface area contributed by atoms with Crippen LogP contribution in [-0.4, -0.2) is 4.98 Å². The van der Waals surface area contributed by atoms with E-state index in [-0.39, 0.29) is 6.04 Å². The van der Waals surface area contributed by atoms with Crippen LogP contribution in [0.5, 0.6) is 0 Å². The van der Waals surface area contributed by atoms with Gasteiger partial charge < -0.3 is 0 Å². The number of nitrogens with one attached hydrogen (secondary N) is 1. The summed E-state index contributed by atoms with van der Waals surface area (Å²) >= 11 is 0. The van der Waals surface area contributed by atoms with Crippen molar-refractivity contribution < 1.29 is 0 Å². The second-order valence-electron chi connectivity index (χ2n) is 5.31. The van der Waals surface area contributed by atoms with E-state index in [0.717, 1.165) is 22.9 Å². The van der Waals surface area contributed by atoms with Crippen LogP contribution in [0, 0.1) is 6.92 Å². The van der Waals surface area contributed by atoms with E-state index in [4.69, 9.17) is 5.84 Å². The number of aromatic nitrogens is 1. The van der Waals surface area contributed by atoms with Crippen LogP contribution >= 0.6 is 0 Å². The first kappa shape index (κ1) is 13.7. The first-order chi connectivity index (χ1) is 10.3. The number of para-hydroxylation sites is 1. The molecule has 0 aliphatic heterocycles. The molecule has 3 rings (SSSR count). The highest BCUT2D eigenvalue weighted by atomic mass is 15.2. The molecule has 0 aliphatic carbocycles. The Hall–Kier alpha value is -2.23. The Kier molecular flexibility index (Phi) is 3.95. The van der Waals surface area contributed by atoms with Crippen LogP contribution in [0.2, 0.25) is 0 Å². The fourth-order valence-corrected chi connectivity index (χ4v) is 2.61. The Bertz CT molecular complexity index is 752. The molecule has 0 fully saturated rings. The molecule has 2 aromatic carbocycles. The fourth-order valence-electron chi connectivity index (χ4n) is 2.61. The summed E-state index contributed by atoms with van der Waals surface area (Å²) in [7, 11) is 0. The molecule has 3 nitrogen and oxygen atoms in total. The largest absolute Gasteiger partial charge is 0.271 e. The Morgan fingerprint density at radius 2 is 1.86 bits per heavy atom. The molecule has 0 amide bonds. The Balaban J connectivity index is 1.93. The lowest BCUT2D eigenvalue weighted by molar-refractivity contribution is 0.550. The highest BCUT2D eigenvalue weighted by molar-refractivity contribution is 5.78. The molecule has 0 aliphatic rings. The predicted molar refractivity (Wildman–Crippen MR) is 86.7 cm³/mol. The van der Waals surface area contributed by atoms with E-state index in [1.54, 1.807) is 0 Å². The first-order valence-electron chi connectivity index (χ1n) is 7.13. The van der Waals surface area contributed by atoms with Gasteiger partial charge in [0.2, 0.25) is 0 Å². The summed E-state index contributed by atoms with van der Waals surface area (Å²) in [5.74, 6) is 5.77. The zero-order chi connectivity index (χ0) is 14.7. The number of pyridine rings is 1. The van der Waals surface area contributed by atoms with E-state index < -0.39 is 0 Å². The van der Waals surface area contributed by atoms with Gasteiger partial charge in [-0.05, 0) is 42.2 Å². The molecule has 0 radical (unpaired) electrons. The summed E-state index contributed by atoms with van der Waals surface area (Å²) in [4.78, 5) is 4.52. The van der Waals surface area contributed by atoms with E-state index in [2.05, 4.69) is 53.7 Å². The topological polar surface area (TPSA) is 50.9 Å². The fraction of sp³-hybridized carbons (Fsp3) is 0.167. The number of hydrazine groups is 1. The van der Waals surface area contributed by atoms with E-state index in [1.165, 1.54) is 11.1 Å². The molecule has 106 valence electrons. The molecule has 1 atom stereocenters. The SMILES string of the molecule is Cc1ccccc1CC(NN)c1cnc2ccccc2c1. The molecule has 0 spiro atoms. The zero-order valence-electron chi connectivity index (χ0n) is 12.1. The van der Waals surface area contributed by atoms with Gasteiger partial charge in [0.15, 0.2) is 0 Å². The minimum atomic E-state index is 0.0585. The van der Waals surface area contributed by atoms with Crippen molar-refractivity contribution >= 4 is 10.9 Å². The van der Waals surface area contributed by atoms with E-state index in [9.17, 15) is 0 Å². The summed E-state index contributed by atoms with van der Waals surface area (Å²) in [5.41, 5.74) is 7.62. The lowest BCUT2D eigenvalue weighted by Crippen LogP contribution is -2.29. The normalized spacial score (nSPS) is 12.5. The quantitative estimate of drug-likeness (QED) is 0.568. The molecule has 0 saturated heterocycles. The lowest BCUT2D eigenvalue weighted by atomic mass is 9.97. The third kappa shape index (κ3) is 2.94. The highest BCUT2D eigenvalue weighted by Crippen LogP contribution is 2.22. The number of nitrogens with zero attached hydrogens (tertiary/aromatic N) is 1. The molecule has 1 unspecified atom stereocenters. The van der Waals surface area contributed by atoms with Crippen molar-refractivity contribution in [2.75, 3.05) is 0 Å². The van der Waals surface area contributed by atoms with E-state index >= 15 is 0 Å². The minimum Gasteiger partial charge on any atom is -0.271 e. The minimum absolute atomic E-state index is 0.0585. The van der Waals surface area contributed by atoms with Crippen LogP contribution < -0.4 is 11.3 Å². The van der Waals surface area contributed by atoms with Crippen molar-refractivity contribution in [1.29, 1.82) is 0 Å². The number of nitrogens with two attached hydrogens (primary N) is 1. The molecule has 3 N–H and O–H groups in total.